The Labute approximate surface area is 112 Å². The Morgan fingerprint density at radius 2 is 1.89 bits per heavy atom. The molecule has 0 fully saturated rings. The van der Waals surface area contributed by atoms with E-state index in [2.05, 4.69) is 33.9 Å². The SMILES string of the molecule is CC(=O)O[C@@H](CCCO)CO[Si](C)(C)C(C)(C)C. The molecule has 5 heteroatoms. The maximum Gasteiger partial charge on any atom is 0.302 e. The first-order chi connectivity index (χ1) is 8.10. The van der Waals surface area contributed by atoms with Crippen molar-refractivity contribution in [3.8, 4) is 0 Å². The monoisotopic (exact) mass is 276 g/mol. The van der Waals surface area contributed by atoms with Crippen molar-refractivity contribution in [2.24, 2.45) is 0 Å². The number of aliphatic hydroxyl groups excluding tert-OH is 1. The van der Waals surface area contributed by atoms with Crippen LogP contribution < -0.4 is 0 Å². The van der Waals surface area contributed by atoms with Gasteiger partial charge in [0.2, 0.25) is 0 Å². The van der Waals surface area contributed by atoms with Crippen LogP contribution in [0.2, 0.25) is 18.1 Å². The van der Waals surface area contributed by atoms with E-state index in [4.69, 9.17) is 14.3 Å². The third kappa shape index (κ3) is 6.52. The molecule has 0 aromatic carbocycles. The smallest absolute Gasteiger partial charge is 0.302 e. The van der Waals surface area contributed by atoms with E-state index in [1.807, 2.05) is 0 Å². The highest BCUT2D eigenvalue weighted by Gasteiger charge is 2.37. The van der Waals surface area contributed by atoms with Gasteiger partial charge in [0.05, 0.1) is 6.61 Å². The van der Waals surface area contributed by atoms with Gasteiger partial charge in [-0.2, -0.15) is 0 Å². The van der Waals surface area contributed by atoms with Gasteiger partial charge in [-0.1, -0.05) is 20.8 Å². The number of esters is 1. The number of hydrogen-bond donors (Lipinski definition) is 1. The molecule has 0 rings (SSSR count). The third-order valence-corrected chi connectivity index (χ3v) is 7.95. The Kier molecular flexibility index (Phi) is 7.10. The average Bonchev–Trinajstić information content (AvgIpc) is 2.20. The van der Waals surface area contributed by atoms with Crippen LogP contribution in [0.25, 0.3) is 0 Å². The predicted molar refractivity (Wildman–Crippen MR) is 75.0 cm³/mol. The van der Waals surface area contributed by atoms with E-state index in [9.17, 15) is 4.79 Å². The summed E-state index contributed by atoms with van der Waals surface area (Å²) in [6, 6.07) is 0. The Hall–Kier alpha value is -0.393. The second kappa shape index (κ2) is 7.26. The molecule has 0 heterocycles. The summed E-state index contributed by atoms with van der Waals surface area (Å²) < 4.78 is 11.2. The molecule has 0 spiro atoms. The van der Waals surface area contributed by atoms with Crippen LogP contribution in [0.1, 0.15) is 40.5 Å². The van der Waals surface area contributed by atoms with Gasteiger partial charge in [0, 0.05) is 13.5 Å². The average molecular weight is 276 g/mol. The topological polar surface area (TPSA) is 55.8 Å². The summed E-state index contributed by atoms with van der Waals surface area (Å²) >= 11 is 0. The van der Waals surface area contributed by atoms with Gasteiger partial charge in [-0.3, -0.25) is 4.79 Å². The van der Waals surface area contributed by atoms with Gasteiger partial charge in [-0.25, -0.2) is 0 Å². The maximum absolute atomic E-state index is 11.0. The van der Waals surface area contributed by atoms with Crippen LogP contribution in [0, 0.1) is 0 Å². The van der Waals surface area contributed by atoms with Gasteiger partial charge >= 0.3 is 5.97 Å². The third-order valence-electron chi connectivity index (χ3n) is 3.45. The standard InChI is InChI=1S/C13H28O4Si/c1-11(15)17-12(8-7-9-14)10-16-18(5,6)13(2,3)4/h12,14H,7-10H2,1-6H3/t12-/m0/s1. The molecule has 0 aromatic heterocycles. The molecule has 0 saturated heterocycles. The molecule has 0 aliphatic heterocycles. The molecular formula is C13H28O4Si. The summed E-state index contributed by atoms with van der Waals surface area (Å²) in [6.07, 6.45) is 1.02. The first-order valence-electron chi connectivity index (χ1n) is 6.52. The van der Waals surface area contributed by atoms with Crippen LogP contribution in [0.4, 0.5) is 0 Å². The van der Waals surface area contributed by atoms with Crippen LogP contribution in [0.3, 0.4) is 0 Å². The molecule has 0 bridgehead atoms. The van der Waals surface area contributed by atoms with E-state index < -0.39 is 8.32 Å². The zero-order valence-corrected chi connectivity index (χ0v) is 13.6. The van der Waals surface area contributed by atoms with Crippen molar-refractivity contribution in [3.63, 3.8) is 0 Å². The van der Waals surface area contributed by atoms with Gasteiger partial charge in [-0.05, 0) is 31.0 Å². The van der Waals surface area contributed by atoms with Crippen LogP contribution in [0.5, 0.6) is 0 Å². The van der Waals surface area contributed by atoms with Crippen molar-refractivity contribution in [1.82, 2.24) is 0 Å². The van der Waals surface area contributed by atoms with Crippen LogP contribution in [-0.4, -0.2) is 38.7 Å². The number of carbonyl (C=O) groups excluding carboxylic acids is 1. The van der Waals surface area contributed by atoms with E-state index >= 15 is 0 Å². The van der Waals surface area contributed by atoms with E-state index in [0.717, 1.165) is 0 Å². The van der Waals surface area contributed by atoms with E-state index in [0.29, 0.717) is 19.4 Å². The van der Waals surface area contributed by atoms with Crippen molar-refractivity contribution in [2.45, 2.75) is 64.8 Å². The highest BCUT2D eigenvalue weighted by molar-refractivity contribution is 6.74. The lowest BCUT2D eigenvalue weighted by Crippen LogP contribution is -2.43. The van der Waals surface area contributed by atoms with Gasteiger partial charge < -0.3 is 14.3 Å². The van der Waals surface area contributed by atoms with Crippen molar-refractivity contribution < 1.29 is 19.1 Å². The van der Waals surface area contributed by atoms with Crippen LogP contribution >= 0.6 is 0 Å². The fraction of sp³-hybridized carbons (Fsp3) is 0.923. The van der Waals surface area contributed by atoms with E-state index in [1.54, 1.807) is 0 Å². The minimum Gasteiger partial charge on any atom is -0.460 e. The quantitative estimate of drug-likeness (QED) is 0.574. The van der Waals surface area contributed by atoms with Gasteiger partial charge in [0.15, 0.2) is 8.32 Å². The minimum absolute atomic E-state index is 0.109. The number of carbonyl (C=O) groups is 1. The maximum atomic E-state index is 11.0. The highest BCUT2D eigenvalue weighted by Crippen LogP contribution is 2.36. The Bertz CT molecular complexity index is 258. The Morgan fingerprint density at radius 3 is 2.28 bits per heavy atom. The second-order valence-electron chi connectivity index (χ2n) is 6.17. The summed E-state index contributed by atoms with van der Waals surface area (Å²) in [7, 11) is -1.81. The van der Waals surface area contributed by atoms with Crippen LogP contribution in [0.15, 0.2) is 0 Å². The van der Waals surface area contributed by atoms with Crippen molar-refractivity contribution >= 4 is 14.3 Å². The molecule has 0 radical (unpaired) electrons. The zero-order valence-electron chi connectivity index (χ0n) is 12.6. The molecule has 4 nitrogen and oxygen atoms in total. The predicted octanol–water partition coefficient (Wildman–Crippen LogP) is 2.71. The summed E-state index contributed by atoms with van der Waals surface area (Å²) in [5, 5.41) is 8.98. The lowest BCUT2D eigenvalue weighted by atomic mass is 10.2. The lowest BCUT2D eigenvalue weighted by Gasteiger charge is -2.37. The molecule has 1 N–H and O–H groups in total. The molecule has 0 unspecified atom stereocenters. The number of aliphatic hydroxyl groups is 1. The summed E-state index contributed by atoms with van der Waals surface area (Å²) in [6.45, 7) is 12.8. The second-order valence-corrected chi connectivity index (χ2v) is 11.0. The Morgan fingerprint density at radius 1 is 1.33 bits per heavy atom. The molecule has 1 atom stereocenters. The summed E-state index contributed by atoms with van der Waals surface area (Å²) in [5.41, 5.74) is 0. The normalized spacial score (nSPS) is 14.4. The lowest BCUT2D eigenvalue weighted by molar-refractivity contribution is -0.148. The molecule has 108 valence electrons. The van der Waals surface area contributed by atoms with Gasteiger partial charge in [0.25, 0.3) is 0 Å². The first kappa shape index (κ1) is 17.6. The largest absolute Gasteiger partial charge is 0.460 e. The molecule has 0 aliphatic carbocycles. The van der Waals surface area contributed by atoms with Crippen molar-refractivity contribution in [1.29, 1.82) is 0 Å². The molecule has 0 aromatic rings. The molecule has 0 saturated carbocycles. The molecule has 0 aliphatic rings. The van der Waals surface area contributed by atoms with Gasteiger partial charge in [-0.15, -0.1) is 0 Å². The number of rotatable bonds is 7. The summed E-state index contributed by atoms with van der Waals surface area (Å²) in [5.74, 6) is -0.295. The van der Waals surface area contributed by atoms with Crippen LogP contribution in [-0.2, 0) is 14.0 Å². The van der Waals surface area contributed by atoms with E-state index in [1.165, 1.54) is 6.92 Å². The zero-order chi connectivity index (χ0) is 14.4. The van der Waals surface area contributed by atoms with Crippen molar-refractivity contribution in [2.75, 3.05) is 13.2 Å². The Balaban J connectivity index is 4.37. The number of ether oxygens (including phenoxy) is 1. The molecular weight excluding hydrogens is 248 g/mol. The number of hydrogen-bond acceptors (Lipinski definition) is 4. The minimum atomic E-state index is -1.81. The summed E-state index contributed by atoms with van der Waals surface area (Å²) in [4.78, 5) is 11.0. The molecule has 18 heavy (non-hydrogen) atoms. The van der Waals surface area contributed by atoms with Gasteiger partial charge in [0.1, 0.15) is 6.10 Å². The highest BCUT2D eigenvalue weighted by atomic mass is 28.4. The van der Waals surface area contributed by atoms with Crippen molar-refractivity contribution in [3.05, 3.63) is 0 Å². The fourth-order valence-electron chi connectivity index (χ4n) is 1.25. The van der Waals surface area contributed by atoms with E-state index in [-0.39, 0.29) is 23.7 Å². The fourth-order valence-corrected chi connectivity index (χ4v) is 2.28. The molecule has 0 amide bonds. The first-order valence-corrected chi connectivity index (χ1v) is 9.43.